The van der Waals surface area contributed by atoms with E-state index in [2.05, 4.69) is 10.6 Å². The smallest absolute Gasteiger partial charge is 0.259 e. The molecule has 0 fully saturated rings. The first kappa shape index (κ1) is 19.3. The number of hydrogen-bond donors (Lipinski definition) is 2. The van der Waals surface area contributed by atoms with Gasteiger partial charge in [-0.1, -0.05) is 36.4 Å². The lowest BCUT2D eigenvalue weighted by Gasteiger charge is -2.15. The maximum Gasteiger partial charge on any atom is 0.259 e. The SMILES string of the molecule is O=C1Nc2ccccc2NC(=O)c2ccccc2OC/C=C\COc2ccccc21. The topological polar surface area (TPSA) is 76.7 Å². The Morgan fingerprint density at radius 3 is 1.43 bits per heavy atom. The monoisotopic (exact) mass is 400 g/mol. The van der Waals surface area contributed by atoms with Crippen molar-refractivity contribution in [1.82, 2.24) is 0 Å². The number of amides is 2. The first-order valence-corrected chi connectivity index (χ1v) is 9.53. The number of fused-ring (bicyclic) bond motifs is 3. The predicted molar refractivity (Wildman–Crippen MR) is 115 cm³/mol. The molecule has 6 nitrogen and oxygen atoms in total. The van der Waals surface area contributed by atoms with Crippen LogP contribution in [-0.4, -0.2) is 25.0 Å². The summed E-state index contributed by atoms with van der Waals surface area (Å²) in [5.41, 5.74) is 1.77. The molecule has 1 aliphatic heterocycles. The summed E-state index contributed by atoms with van der Waals surface area (Å²) in [5.74, 6) is 0.290. The molecule has 0 saturated carbocycles. The average Bonchev–Trinajstić information content (AvgIpc) is 2.77. The molecule has 6 heteroatoms. The van der Waals surface area contributed by atoms with Crippen LogP contribution in [0.5, 0.6) is 11.5 Å². The third-order valence-electron chi connectivity index (χ3n) is 4.52. The van der Waals surface area contributed by atoms with E-state index < -0.39 is 0 Å². The highest BCUT2D eigenvalue weighted by atomic mass is 16.5. The second-order valence-corrected chi connectivity index (χ2v) is 6.54. The van der Waals surface area contributed by atoms with Gasteiger partial charge in [0.1, 0.15) is 24.7 Å². The molecule has 0 saturated heterocycles. The molecule has 0 spiro atoms. The Labute approximate surface area is 174 Å². The summed E-state index contributed by atoms with van der Waals surface area (Å²) < 4.78 is 11.5. The van der Waals surface area contributed by atoms with E-state index in [9.17, 15) is 9.59 Å². The van der Waals surface area contributed by atoms with Gasteiger partial charge in [-0.3, -0.25) is 9.59 Å². The standard InChI is InChI=1S/C24H20N2O4/c27-23-17-9-1-5-13-21(17)29-15-7-8-16-30-22-14-6-2-10-18(22)24(28)26-20-12-4-3-11-19(20)25-23/h1-14H,15-16H2,(H,25,27)(H,26,28)/b8-7-. The molecule has 0 aliphatic carbocycles. The van der Waals surface area contributed by atoms with Crippen LogP contribution in [0.3, 0.4) is 0 Å². The maximum absolute atomic E-state index is 12.9. The van der Waals surface area contributed by atoms with Crippen molar-refractivity contribution in [3.8, 4) is 11.5 Å². The second kappa shape index (κ2) is 8.96. The zero-order valence-electron chi connectivity index (χ0n) is 16.1. The molecule has 4 rings (SSSR count). The van der Waals surface area contributed by atoms with E-state index >= 15 is 0 Å². The van der Waals surface area contributed by atoms with Gasteiger partial charge >= 0.3 is 0 Å². The number of benzene rings is 3. The van der Waals surface area contributed by atoms with E-state index in [4.69, 9.17) is 9.47 Å². The van der Waals surface area contributed by atoms with Gasteiger partial charge in [-0.15, -0.1) is 0 Å². The van der Waals surface area contributed by atoms with Crippen LogP contribution >= 0.6 is 0 Å². The molecule has 0 radical (unpaired) electrons. The molecular formula is C24H20N2O4. The molecule has 1 heterocycles. The number of para-hydroxylation sites is 4. The molecule has 2 N–H and O–H groups in total. The van der Waals surface area contributed by atoms with Crippen molar-refractivity contribution in [1.29, 1.82) is 0 Å². The minimum absolute atomic E-state index is 0.284. The number of anilines is 2. The molecule has 0 atom stereocenters. The largest absolute Gasteiger partial charge is 0.489 e. The third-order valence-corrected chi connectivity index (χ3v) is 4.52. The van der Waals surface area contributed by atoms with Crippen LogP contribution in [0.4, 0.5) is 11.4 Å². The summed E-state index contributed by atoms with van der Waals surface area (Å²) in [6.07, 6.45) is 3.61. The number of carbonyl (C=O) groups is 2. The van der Waals surface area contributed by atoms with E-state index in [1.807, 2.05) is 12.1 Å². The molecule has 150 valence electrons. The number of nitrogens with one attached hydrogen (secondary N) is 2. The van der Waals surface area contributed by atoms with Crippen LogP contribution in [0.15, 0.2) is 84.9 Å². The van der Waals surface area contributed by atoms with Crippen molar-refractivity contribution in [2.45, 2.75) is 0 Å². The van der Waals surface area contributed by atoms with Crippen molar-refractivity contribution < 1.29 is 19.1 Å². The minimum Gasteiger partial charge on any atom is -0.489 e. The lowest BCUT2D eigenvalue weighted by molar-refractivity contribution is 0.101. The lowest BCUT2D eigenvalue weighted by atomic mass is 10.1. The summed E-state index contributed by atoms with van der Waals surface area (Å²) in [6.45, 7) is 0.568. The van der Waals surface area contributed by atoms with E-state index in [0.717, 1.165) is 0 Å². The summed E-state index contributed by atoms with van der Waals surface area (Å²) >= 11 is 0. The fourth-order valence-corrected chi connectivity index (χ4v) is 3.05. The third kappa shape index (κ3) is 4.33. The molecular weight excluding hydrogens is 380 g/mol. The van der Waals surface area contributed by atoms with Gasteiger partial charge in [0, 0.05) is 0 Å². The van der Waals surface area contributed by atoms with Gasteiger partial charge in [-0.25, -0.2) is 0 Å². The van der Waals surface area contributed by atoms with Gasteiger partial charge < -0.3 is 20.1 Å². The molecule has 0 unspecified atom stereocenters. The molecule has 1 aliphatic rings. The normalized spacial score (nSPS) is 15.2. The zero-order valence-corrected chi connectivity index (χ0v) is 16.1. The molecule has 2 amide bonds. The van der Waals surface area contributed by atoms with Gasteiger partial charge in [0.15, 0.2) is 0 Å². The molecule has 3 aromatic carbocycles. The van der Waals surface area contributed by atoms with Gasteiger partial charge in [0.2, 0.25) is 0 Å². The molecule has 30 heavy (non-hydrogen) atoms. The molecule has 0 aromatic heterocycles. The van der Waals surface area contributed by atoms with Crippen molar-refractivity contribution in [3.63, 3.8) is 0 Å². The summed E-state index contributed by atoms with van der Waals surface area (Å²) in [4.78, 5) is 25.8. The Hall–Kier alpha value is -4.06. The van der Waals surface area contributed by atoms with Crippen molar-refractivity contribution in [3.05, 3.63) is 96.1 Å². The van der Waals surface area contributed by atoms with Crippen molar-refractivity contribution in [2.75, 3.05) is 23.8 Å². The first-order chi connectivity index (χ1) is 14.7. The highest BCUT2D eigenvalue weighted by Crippen LogP contribution is 2.26. The number of hydrogen-bond acceptors (Lipinski definition) is 4. The quantitative estimate of drug-likeness (QED) is 0.544. The Morgan fingerprint density at radius 2 is 0.967 bits per heavy atom. The Morgan fingerprint density at radius 1 is 0.567 bits per heavy atom. The maximum atomic E-state index is 12.9. The van der Waals surface area contributed by atoms with Crippen LogP contribution in [0.2, 0.25) is 0 Å². The highest BCUT2D eigenvalue weighted by Gasteiger charge is 2.17. The van der Waals surface area contributed by atoms with Crippen molar-refractivity contribution in [2.24, 2.45) is 0 Å². The molecule has 0 bridgehead atoms. The van der Waals surface area contributed by atoms with Gasteiger partial charge in [0.25, 0.3) is 11.8 Å². The van der Waals surface area contributed by atoms with Crippen LogP contribution in [0, 0.1) is 0 Å². The van der Waals surface area contributed by atoms with Crippen LogP contribution < -0.4 is 20.1 Å². The minimum atomic E-state index is -0.327. The number of ether oxygens (including phenoxy) is 2. The Bertz CT molecular complexity index is 1020. The lowest BCUT2D eigenvalue weighted by Crippen LogP contribution is -2.18. The summed E-state index contributed by atoms with van der Waals surface area (Å²) in [7, 11) is 0. The van der Waals surface area contributed by atoms with E-state index in [0.29, 0.717) is 34.0 Å². The molecule has 3 aromatic rings. The Kier molecular flexibility index (Phi) is 5.75. The fraction of sp³-hybridized carbons (Fsp3) is 0.0833. The number of rotatable bonds is 0. The van der Waals surface area contributed by atoms with Crippen LogP contribution in [-0.2, 0) is 0 Å². The fourth-order valence-electron chi connectivity index (χ4n) is 3.05. The summed E-state index contributed by atoms with van der Waals surface area (Å²) in [6, 6.07) is 21.1. The van der Waals surface area contributed by atoms with E-state index in [1.165, 1.54) is 0 Å². The zero-order chi connectivity index (χ0) is 20.8. The average molecular weight is 400 g/mol. The summed E-state index contributed by atoms with van der Waals surface area (Å²) in [5, 5.41) is 5.72. The van der Waals surface area contributed by atoms with Gasteiger partial charge in [-0.2, -0.15) is 0 Å². The van der Waals surface area contributed by atoms with Gasteiger partial charge in [-0.05, 0) is 48.6 Å². The first-order valence-electron chi connectivity index (χ1n) is 9.53. The Balaban J connectivity index is 1.72. The van der Waals surface area contributed by atoms with Crippen molar-refractivity contribution >= 4 is 23.2 Å². The second-order valence-electron chi connectivity index (χ2n) is 6.54. The van der Waals surface area contributed by atoms with Crippen LogP contribution in [0.25, 0.3) is 0 Å². The van der Waals surface area contributed by atoms with Crippen LogP contribution in [0.1, 0.15) is 20.7 Å². The van der Waals surface area contributed by atoms with Gasteiger partial charge in [0.05, 0.1) is 22.5 Å². The predicted octanol–water partition coefficient (Wildman–Crippen LogP) is 4.52. The number of carbonyl (C=O) groups excluding carboxylic acids is 2. The van der Waals surface area contributed by atoms with E-state index in [1.54, 1.807) is 72.8 Å². The van der Waals surface area contributed by atoms with E-state index in [-0.39, 0.29) is 25.0 Å². The highest BCUT2D eigenvalue weighted by molar-refractivity contribution is 6.11.